The first-order valence-electron chi connectivity index (χ1n) is 9.35. The topological polar surface area (TPSA) is 136 Å². The fourth-order valence-corrected chi connectivity index (χ4v) is 3.41. The zero-order valence-electron chi connectivity index (χ0n) is 16.4. The number of hydrogen-bond acceptors (Lipinski definition) is 5. The van der Waals surface area contributed by atoms with Crippen LogP contribution in [0.25, 0.3) is 0 Å². The van der Waals surface area contributed by atoms with Gasteiger partial charge in [-0.1, -0.05) is 27.7 Å². The molecule has 0 radical (unpaired) electrons. The van der Waals surface area contributed by atoms with Crippen molar-refractivity contribution in [2.24, 2.45) is 17.8 Å². The Morgan fingerprint density at radius 3 is 2.26 bits per heavy atom. The predicted octanol–water partition coefficient (Wildman–Crippen LogP) is 0.761. The number of carboxylic acid groups (broad SMARTS) is 1. The van der Waals surface area contributed by atoms with E-state index in [0.29, 0.717) is 25.8 Å². The zero-order chi connectivity index (χ0) is 20.7. The molecule has 1 rings (SSSR count). The van der Waals surface area contributed by atoms with E-state index in [4.69, 9.17) is 5.21 Å². The second kappa shape index (κ2) is 10.2. The Kier molecular flexibility index (Phi) is 8.68. The van der Waals surface area contributed by atoms with Gasteiger partial charge in [0.25, 0.3) is 0 Å². The first kappa shape index (κ1) is 22.9. The number of carbonyl (C=O) groups excluding carboxylic acids is 3. The molecule has 3 amide bonds. The number of carboxylic acids is 1. The van der Waals surface area contributed by atoms with E-state index < -0.39 is 35.8 Å². The van der Waals surface area contributed by atoms with Crippen molar-refractivity contribution < 1.29 is 29.5 Å². The van der Waals surface area contributed by atoms with Crippen LogP contribution in [0.1, 0.15) is 53.4 Å². The molecule has 3 unspecified atom stereocenters. The smallest absolute Gasteiger partial charge is 0.326 e. The van der Waals surface area contributed by atoms with E-state index in [1.807, 2.05) is 13.8 Å². The summed E-state index contributed by atoms with van der Waals surface area (Å²) in [7, 11) is 0. The quantitative estimate of drug-likeness (QED) is 0.342. The van der Waals surface area contributed by atoms with Crippen molar-refractivity contribution in [1.82, 2.24) is 15.7 Å². The molecule has 0 aromatic heterocycles. The molecule has 0 spiro atoms. The number of aliphatic carboxylic acids is 1. The fourth-order valence-electron chi connectivity index (χ4n) is 3.41. The van der Waals surface area contributed by atoms with Crippen molar-refractivity contribution in [3.63, 3.8) is 0 Å². The van der Waals surface area contributed by atoms with Crippen LogP contribution >= 0.6 is 0 Å². The second-order valence-corrected chi connectivity index (χ2v) is 7.82. The Hall–Kier alpha value is -2.16. The van der Waals surface area contributed by atoms with Gasteiger partial charge in [-0.15, -0.1) is 0 Å². The molecule has 0 saturated carbocycles. The van der Waals surface area contributed by atoms with Gasteiger partial charge in [-0.3, -0.25) is 19.6 Å². The van der Waals surface area contributed by atoms with Gasteiger partial charge in [-0.2, -0.15) is 0 Å². The summed E-state index contributed by atoms with van der Waals surface area (Å²) in [6.45, 7) is 7.62. The summed E-state index contributed by atoms with van der Waals surface area (Å²) in [6, 6.07) is -1.77. The average molecular weight is 385 g/mol. The molecule has 0 bridgehead atoms. The van der Waals surface area contributed by atoms with E-state index in [1.165, 1.54) is 4.90 Å². The predicted molar refractivity (Wildman–Crippen MR) is 96.6 cm³/mol. The molecule has 0 aliphatic carbocycles. The molecular formula is C18H31N3O6. The number of hydrogen-bond donors (Lipinski definition) is 4. The van der Waals surface area contributed by atoms with E-state index in [0.717, 1.165) is 0 Å². The van der Waals surface area contributed by atoms with E-state index >= 15 is 0 Å². The largest absolute Gasteiger partial charge is 0.480 e. The average Bonchev–Trinajstić information content (AvgIpc) is 3.06. The van der Waals surface area contributed by atoms with Gasteiger partial charge < -0.3 is 15.3 Å². The van der Waals surface area contributed by atoms with E-state index in [9.17, 15) is 24.3 Å². The minimum Gasteiger partial charge on any atom is -0.480 e. The number of amides is 3. The maximum absolute atomic E-state index is 13.0. The third kappa shape index (κ3) is 6.50. The number of nitrogens with zero attached hydrogens (tertiary/aromatic N) is 1. The van der Waals surface area contributed by atoms with Crippen molar-refractivity contribution in [3.05, 3.63) is 0 Å². The van der Waals surface area contributed by atoms with Crippen LogP contribution in [0, 0.1) is 17.8 Å². The van der Waals surface area contributed by atoms with Crippen molar-refractivity contribution in [2.45, 2.75) is 65.5 Å². The number of nitrogens with one attached hydrogen (secondary N) is 2. The second-order valence-electron chi connectivity index (χ2n) is 7.82. The van der Waals surface area contributed by atoms with Crippen molar-refractivity contribution in [1.29, 1.82) is 0 Å². The van der Waals surface area contributed by atoms with Gasteiger partial charge in [-0.05, 0) is 31.1 Å². The van der Waals surface area contributed by atoms with Crippen LogP contribution in [0.3, 0.4) is 0 Å². The van der Waals surface area contributed by atoms with Crippen LogP contribution in [-0.4, -0.2) is 57.5 Å². The lowest BCUT2D eigenvalue weighted by Gasteiger charge is -2.30. The van der Waals surface area contributed by atoms with E-state index in [2.05, 4.69) is 5.32 Å². The van der Waals surface area contributed by atoms with Gasteiger partial charge in [0, 0.05) is 18.9 Å². The number of hydroxylamine groups is 1. The Bertz CT molecular complexity index is 563. The maximum Gasteiger partial charge on any atom is 0.326 e. The number of likely N-dealkylation sites (tertiary alicyclic amines) is 1. The monoisotopic (exact) mass is 385 g/mol. The third-order valence-corrected chi connectivity index (χ3v) is 4.73. The molecule has 9 nitrogen and oxygen atoms in total. The third-order valence-electron chi connectivity index (χ3n) is 4.73. The highest BCUT2D eigenvalue weighted by Gasteiger charge is 2.39. The lowest BCUT2D eigenvalue weighted by atomic mass is 9.92. The van der Waals surface area contributed by atoms with Crippen LogP contribution < -0.4 is 10.8 Å². The molecule has 9 heteroatoms. The standard InChI is InChI=1S/C18H31N3O6/c1-10(2)8-12(9-14(22)20-27)17(24)21-7-5-6-13(21)16(23)19-15(11(3)4)18(25)26/h10-13,15,27H,5-9H2,1-4H3,(H,19,23)(H,20,22)(H,25,26). The normalized spacial score (nSPS) is 19.1. The molecule has 0 aromatic carbocycles. The fraction of sp³-hybridized carbons (Fsp3) is 0.778. The molecule has 1 aliphatic rings. The Morgan fingerprint density at radius 1 is 1.15 bits per heavy atom. The van der Waals surface area contributed by atoms with Gasteiger partial charge in [0.2, 0.25) is 17.7 Å². The lowest BCUT2D eigenvalue weighted by molar-refractivity contribution is -0.147. The summed E-state index contributed by atoms with van der Waals surface area (Å²) in [5.41, 5.74) is 1.54. The Labute approximate surface area is 159 Å². The molecule has 3 atom stereocenters. The van der Waals surface area contributed by atoms with Crippen LogP contribution in [0.15, 0.2) is 0 Å². The van der Waals surface area contributed by atoms with E-state index in [1.54, 1.807) is 19.3 Å². The number of rotatable bonds is 9. The molecule has 1 fully saturated rings. The van der Waals surface area contributed by atoms with Gasteiger partial charge in [0.1, 0.15) is 12.1 Å². The van der Waals surface area contributed by atoms with Crippen LogP contribution in [0.2, 0.25) is 0 Å². The number of carbonyl (C=O) groups is 4. The first-order chi connectivity index (χ1) is 12.6. The Morgan fingerprint density at radius 2 is 1.78 bits per heavy atom. The highest BCUT2D eigenvalue weighted by molar-refractivity contribution is 5.92. The summed E-state index contributed by atoms with van der Waals surface area (Å²) in [4.78, 5) is 49.9. The molecule has 0 aromatic rings. The summed E-state index contributed by atoms with van der Waals surface area (Å²) < 4.78 is 0. The van der Waals surface area contributed by atoms with Crippen molar-refractivity contribution in [2.75, 3.05) is 6.54 Å². The molecule has 27 heavy (non-hydrogen) atoms. The van der Waals surface area contributed by atoms with Gasteiger partial charge >= 0.3 is 5.97 Å². The molecule has 1 saturated heterocycles. The van der Waals surface area contributed by atoms with Crippen molar-refractivity contribution >= 4 is 23.7 Å². The highest BCUT2D eigenvalue weighted by atomic mass is 16.5. The SMILES string of the molecule is CC(C)CC(CC(=O)NO)C(=O)N1CCCC1C(=O)NC(C(=O)O)C(C)C. The molecule has 1 heterocycles. The molecular weight excluding hydrogens is 354 g/mol. The van der Waals surface area contributed by atoms with Gasteiger partial charge in [-0.25, -0.2) is 10.3 Å². The molecule has 1 aliphatic heterocycles. The summed E-state index contributed by atoms with van der Waals surface area (Å²) in [5.74, 6) is -3.37. The molecule has 4 N–H and O–H groups in total. The van der Waals surface area contributed by atoms with E-state index in [-0.39, 0.29) is 24.2 Å². The maximum atomic E-state index is 13.0. The summed E-state index contributed by atoms with van der Waals surface area (Å²) >= 11 is 0. The first-order valence-corrected chi connectivity index (χ1v) is 9.35. The molecule has 154 valence electrons. The van der Waals surface area contributed by atoms with Gasteiger partial charge in [0.15, 0.2) is 0 Å². The van der Waals surface area contributed by atoms with Crippen LogP contribution in [-0.2, 0) is 19.2 Å². The van der Waals surface area contributed by atoms with Crippen molar-refractivity contribution in [3.8, 4) is 0 Å². The zero-order valence-corrected chi connectivity index (χ0v) is 16.4. The van der Waals surface area contributed by atoms with Crippen LogP contribution in [0.5, 0.6) is 0 Å². The Balaban J connectivity index is 2.91. The minimum atomic E-state index is -1.12. The van der Waals surface area contributed by atoms with Crippen LogP contribution in [0.4, 0.5) is 0 Å². The summed E-state index contributed by atoms with van der Waals surface area (Å²) in [5, 5.41) is 20.5. The summed E-state index contributed by atoms with van der Waals surface area (Å²) in [6.07, 6.45) is 1.36. The van der Waals surface area contributed by atoms with Gasteiger partial charge in [0.05, 0.1) is 0 Å². The minimum absolute atomic E-state index is 0.151. The lowest BCUT2D eigenvalue weighted by Crippen LogP contribution is -2.53. The highest BCUT2D eigenvalue weighted by Crippen LogP contribution is 2.25.